The van der Waals surface area contributed by atoms with E-state index >= 15 is 0 Å². The molecule has 326 valence electrons. The van der Waals surface area contributed by atoms with Crippen LogP contribution in [0, 0.1) is 0 Å². The topological polar surface area (TPSA) is 43.6 Å². The Morgan fingerprint density at radius 3 is 1.03 bits per heavy atom. The molecule has 0 saturated heterocycles. The maximum atomic E-state index is 9.57. The summed E-state index contributed by atoms with van der Waals surface area (Å²) in [5.74, 6) is -0.888. The highest BCUT2D eigenvalue weighted by Crippen LogP contribution is 2.33. The number of hydrogen-bond acceptors (Lipinski definition) is 3. The normalized spacial score (nSPS) is 14.4. The summed E-state index contributed by atoms with van der Waals surface area (Å²) in [7, 11) is -7.52. The molecule has 0 unspecified atom stereocenters. The molecule has 12 aromatic rings. The van der Waals surface area contributed by atoms with Crippen LogP contribution in [-0.4, -0.2) is 35.7 Å². The zero-order chi connectivity index (χ0) is 57.4. The van der Waals surface area contributed by atoms with Crippen molar-refractivity contribution in [1.29, 1.82) is 0 Å². The molecule has 0 aliphatic heterocycles. The van der Waals surface area contributed by atoms with Gasteiger partial charge in [-0.05, 0) is 53.6 Å². The van der Waals surface area contributed by atoms with Crippen molar-refractivity contribution in [2.45, 2.75) is 0 Å². The lowest BCUT2D eigenvalue weighted by Crippen LogP contribution is -2.78. The molecule has 6 heteroatoms. The van der Waals surface area contributed by atoms with E-state index < -0.39 is 112 Å². The van der Waals surface area contributed by atoms with Crippen LogP contribution in [0.25, 0.3) is 50.5 Å². The molecule has 69 heavy (non-hydrogen) atoms. The van der Waals surface area contributed by atoms with E-state index in [0.717, 1.165) is 41.5 Å². The van der Waals surface area contributed by atoms with E-state index in [1.807, 2.05) is 109 Å². The van der Waals surface area contributed by atoms with Crippen molar-refractivity contribution in [3.05, 3.63) is 279 Å². The Kier molecular flexibility index (Phi) is 7.78. The summed E-state index contributed by atoms with van der Waals surface area (Å²) in [6, 6.07) is 59.2. The predicted molar refractivity (Wildman–Crippen MR) is 292 cm³/mol. The molecular formula is C63H46N4Si2. The van der Waals surface area contributed by atoms with Gasteiger partial charge in [-0.1, -0.05) is 267 Å². The van der Waals surface area contributed by atoms with Crippen molar-refractivity contribution in [3.8, 4) is 28.7 Å². The lowest BCUT2D eigenvalue weighted by atomic mass is 10.2. The van der Waals surface area contributed by atoms with Gasteiger partial charge < -0.3 is 0 Å². The molecule has 2 heterocycles. The van der Waals surface area contributed by atoms with Gasteiger partial charge in [-0.3, -0.25) is 4.57 Å². The van der Waals surface area contributed by atoms with Crippen LogP contribution in [0.4, 0.5) is 0 Å². The summed E-state index contributed by atoms with van der Waals surface area (Å²) >= 11 is 0. The van der Waals surface area contributed by atoms with Crippen LogP contribution < -0.4 is 41.5 Å². The van der Waals surface area contributed by atoms with Crippen molar-refractivity contribution in [1.82, 2.24) is 19.5 Å². The molecule has 0 N–H and O–H groups in total. The van der Waals surface area contributed by atoms with E-state index in [1.165, 1.54) is 4.57 Å². The number of hydrogen-bond donors (Lipinski definition) is 0. The van der Waals surface area contributed by atoms with Gasteiger partial charge in [-0.2, -0.15) is 9.97 Å². The van der Waals surface area contributed by atoms with Gasteiger partial charge in [-0.25, -0.2) is 4.98 Å². The first kappa shape index (κ1) is 30.0. The van der Waals surface area contributed by atoms with Crippen molar-refractivity contribution in [2.24, 2.45) is 0 Å². The summed E-state index contributed by atoms with van der Waals surface area (Å²) in [6.07, 6.45) is 0. The number of aromatic nitrogens is 4. The summed E-state index contributed by atoms with van der Waals surface area (Å²) in [6.45, 7) is 0. The van der Waals surface area contributed by atoms with Crippen molar-refractivity contribution in [2.75, 3.05) is 0 Å². The van der Waals surface area contributed by atoms with Crippen LogP contribution in [0.5, 0.6) is 0 Å². The number of para-hydroxylation sites is 2. The minimum atomic E-state index is -3.76. The average Bonchev–Trinajstić information content (AvgIpc) is 4.09. The molecule has 0 radical (unpaired) electrons. The monoisotopic (exact) mass is 927 g/mol. The molecule has 0 amide bonds. The first-order valence-corrected chi connectivity index (χ1v) is 26.5. The highest BCUT2D eigenvalue weighted by molar-refractivity contribution is 7.23. The van der Waals surface area contributed by atoms with Gasteiger partial charge in [0.15, 0.2) is 27.8 Å². The Hall–Kier alpha value is -8.56. The Morgan fingerprint density at radius 1 is 0.319 bits per heavy atom. The van der Waals surface area contributed by atoms with E-state index in [2.05, 4.69) is 91.0 Å². The van der Waals surface area contributed by atoms with Gasteiger partial charge in [0.2, 0.25) is 5.95 Å². The van der Waals surface area contributed by atoms with E-state index in [-0.39, 0.29) is 27.6 Å². The number of fused-ring (bicyclic) bond motifs is 3. The second-order valence-corrected chi connectivity index (χ2v) is 24.0. The summed E-state index contributed by atoms with van der Waals surface area (Å²) < 4.78 is 120. The summed E-state index contributed by atoms with van der Waals surface area (Å²) in [4.78, 5) is 15.8. The molecule has 0 bridgehead atoms. The van der Waals surface area contributed by atoms with Gasteiger partial charge in [0.1, 0.15) is 0 Å². The molecule has 0 atom stereocenters. The van der Waals surface area contributed by atoms with Crippen LogP contribution in [0.15, 0.2) is 279 Å². The second-order valence-electron chi connectivity index (χ2n) is 16.5. The van der Waals surface area contributed by atoms with E-state index in [1.54, 1.807) is 0 Å². The van der Waals surface area contributed by atoms with Gasteiger partial charge >= 0.3 is 0 Å². The molecule has 0 spiro atoms. The molecule has 4 nitrogen and oxygen atoms in total. The molecule has 10 aromatic carbocycles. The maximum absolute atomic E-state index is 9.57. The standard InChI is InChI=1S/C63H46N4Si2/c1-8-27-47(28-9-1)61-64-62(66-63(65-61)67-56-43-24-22-41-54(56)55-42-23-25-44-57(55)67)60-58(68(48-29-10-2-11-30-48,49-31-12-3-13-32-49)50-33-14-4-15-34-50)45-26-46-59(60)69(51-35-16-5-17-36-51,52-37-18-6-19-38-52)53-39-20-7-21-40-53/h1-46H/i1D,8D,9D,22D,23D,24D,25D,27D,28D,41D,42D,43D,44D. The average molecular weight is 928 g/mol. The molecule has 0 fully saturated rings. The molecule has 0 aliphatic rings. The number of nitrogens with zero attached hydrogens (tertiary/aromatic N) is 4. The van der Waals surface area contributed by atoms with Crippen LogP contribution >= 0.6 is 0 Å². The lowest BCUT2D eigenvalue weighted by molar-refractivity contribution is 0.954. The Morgan fingerprint density at radius 2 is 0.652 bits per heavy atom. The van der Waals surface area contributed by atoms with Crippen LogP contribution in [0.2, 0.25) is 0 Å². The largest absolute Gasteiger partial charge is 0.278 e. The molecule has 0 saturated carbocycles. The van der Waals surface area contributed by atoms with E-state index in [0.29, 0.717) is 5.56 Å². The fraction of sp³-hybridized carbons (Fsp3) is 0. The Labute approximate surface area is 422 Å². The third-order valence-corrected chi connectivity index (χ3v) is 22.6. The van der Waals surface area contributed by atoms with Gasteiger partial charge in [0, 0.05) is 21.9 Å². The third kappa shape index (κ3) is 7.00. The van der Waals surface area contributed by atoms with E-state index in [4.69, 9.17) is 24.5 Å². The van der Waals surface area contributed by atoms with Crippen LogP contribution in [-0.2, 0) is 0 Å². The highest BCUT2D eigenvalue weighted by atomic mass is 28.3. The van der Waals surface area contributed by atoms with Gasteiger partial charge in [-0.15, -0.1) is 0 Å². The summed E-state index contributed by atoms with van der Waals surface area (Å²) in [5.41, 5.74) is -0.478. The van der Waals surface area contributed by atoms with E-state index in [9.17, 15) is 8.22 Å². The van der Waals surface area contributed by atoms with Gasteiger partial charge in [0.25, 0.3) is 0 Å². The third-order valence-electron chi connectivity index (χ3n) is 12.9. The second kappa shape index (κ2) is 17.9. The first-order chi connectivity index (χ1) is 39.6. The molecular weight excluding hydrogens is 869 g/mol. The fourth-order valence-corrected chi connectivity index (χ4v) is 20.2. The SMILES string of the molecule is [2H]c1c([2H])c([2H])c(-c2nc(-c3c([Si](c4ccccc4)(c4ccccc4)c4ccccc4)cccc3[Si](c3ccccc3)(c3ccccc3)c3ccccc3)nc(-n3c4c([2H])c([2H])c([2H])c([2H])c4c4c([2H])c([2H])c([2H])c([2H])c43)n2)c([2H])c1[2H]. The molecule has 12 rings (SSSR count). The van der Waals surface area contributed by atoms with Crippen molar-refractivity contribution < 1.29 is 17.8 Å². The lowest BCUT2D eigenvalue weighted by Gasteiger charge is -2.40. The molecule has 0 aliphatic carbocycles. The highest BCUT2D eigenvalue weighted by Gasteiger charge is 2.49. The first-order valence-electron chi connectivity index (χ1n) is 29.0. The smallest absolute Gasteiger partial charge is 0.238 e. The minimum absolute atomic E-state index is 0.0616. The minimum Gasteiger partial charge on any atom is -0.278 e. The number of rotatable bonds is 11. The van der Waals surface area contributed by atoms with Gasteiger partial charge in [0.05, 0.1) is 28.9 Å². The summed E-state index contributed by atoms with van der Waals surface area (Å²) in [5, 5.41) is 6.97. The van der Waals surface area contributed by atoms with Crippen molar-refractivity contribution >= 4 is 79.4 Å². The Balaban J connectivity index is 1.39. The fourth-order valence-electron chi connectivity index (χ4n) is 10.2. The van der Waals surface area contributed by atoms with Crippen molar-refractivity contribution in [3.63, 3.8) is 0 Å². The maximum Gasteiger partial charge on any atom is 0.238 e. The predicted octanol–water partition coefficient (Wildman–Crippen LogP) is 9.06. The Bertz CT molecular complexity index is 4040. The molecule has 2 aromatic heterocycles. The van der Waals surface area contributed by atoms with Crippen LogP contribution in [0.1, 0.15) is 17.8 Å². The zero-order valence-electron chi connectivity index (χ0n) is 49.8. The zero-order valence-corrected chi connectivity index (χ0v) is 38.8. The van der Waals surface area contributed by atoms with Crippen LogP contribution in [0.3, 0.4) is 0 Å². The quantitative estimate of drug-likeness (QED) is 0.0962. The number of benzene rings is 10.